The third-order valence-corrected chi connectivity index (χ3v) is 4.67. The second-order valence-corrected chi connectivity index (χ2v) is 5.95. The average molecular weight is 252 g/mol. The van der Waals surface area contributed by atoms with E-state index in [1.165, 1.54) is 31.7 Å². The van der Waals surface area contributed by atoms with Crippen LogP contribution in [0.15, 0.2) is 48.5 Å². The van der Waals surface area contributed by atoms with E-state index in [1.54, 1.807) is 0 Å². The zero-order chi connectivity index (χ0) is 12.5. The zero-order valence-electron chi connectivity index (χ0n) is 10.7. The van der Waals surface area contributed by atoms with Gasteiger partial charge in [-0.2, -0.15) is 0 Å². The molecule has 18 heavy (non-hydrogen) atoms. The van der Waals surface area contributed by atoms with Crippen LogP contribution in [0.25, 0.3) is 10.1 Å². The molecule has 0 radical (unpaired) electrons. The van der Waals surface area contributed by atoms with E-state index in [0.717, 1.165) is 6.42 Å². The van der Waals surface area contributed by atoms with Gasteiger partial charge in [0.25, 0.3) is 0 Å². The molecule has 3 rings (SSSR count). The van der Waals surface area contributed by atoms with Crippen LogP contribution in [0, 0.1) is 13.8 Å². The molecule has 0 atom stereocenters. The van der Waals surface area contributed by atoms with E-state index < -0.39 is 0 Å². The number of thiophene rings is 1. The van der Waals surface area contributed by atoms with Crippen LogP contribution in [0.3, 0.4) is 0 Å². The van der Waals surface area contributed by atoms with E-state index >= 15 is 0 Å². The predicted octanol–water partition coefficient (Wildman–Crippen LogP) is 5.11. The maximum absolute atomic E-state index is 2.32. The standard InChI is InChI=1S/C17H16S/c1-12-6-5-8-14(13(12)2)10-16-11-15-7-3-4-9-17(15)18-16/h3-9,11H,10H2,1-2H3. The molecule has 1 heterocycles. The largest absolute Gasteiger partial charge is 0.140 e. The molecule has 1 heteroatoms. The summed E-state index contributed by atoms with van der Waals surface area (Å²) in [5.74, 6) is 0. The van der Waals surface area contributed by atoms with Crippen LogP contribution in [0.1, 0.15) is 21.6 Å². The molecule has 0 amide bonds. The fourth-order valence-corrected chi connectivity index (χ4v) is 3.40. The first-order valence-corrected chi connectivity index (χ1v) is 7.08. The smallest absolute Gasteiger partial charge is 0.0345 e. The molecule has 2 aromatic carbocycles. The highest BCUT2D eigenvalue weighted by Crippen LogP contribution is 2.28. The maximum atomic E-state index is 2.32. The SMILES string of the molecule is Cc1cccc(Cc2cc3ccccc3s2)c1C. The van der Waals surface area contributed by atoms with E-state index in [2.05, 4.69) is 62.4 Å². The van der Waals surface area contributed by atoms with Gasteiger partial charge >= 0.3 is 0 Å². The third-order valence-electron chi connectivity index (χ3n) is 3.56. The molecule has 0 unspecified atom stereocenters. The van der Waals surface area contributed by atoms with Gasteiger partial charge in [0.1, 0.15) is 0 Å². The first-order valence-electron chi connectivity index (χ1n) is 6.26. The third kappa shape index (κ3) is 2.06. The topological polar surface area (TPSA) is 0 Å². The summed E-state index contributed by atoms with van der Waals surface area (Å²) >= 11 is 1.91. The van der Waals surface area contributed by atoms with Crippen LogP contribution >= 0.6 is 11.3 Å². The van der Waals surface area contributed by atoms with Crippen LogP contribution in [-0.4, -0.2) is 0 Å². The Hall–Kier alpha value is -1.60. The van der Waals surface area contributed by atoms with Gasteiger partial charge in [-0.15, -0.1) is 11.3 Å². The van der Waals surface area contributed by atoms with Crippen molar-refractivity contribution < 1.29 is 0 Å². The molecular formula is C17H16S. The van der Waals surface area contributed by atoms with Crippen LogP contribution in [0.2, 0.25) is 0 Å². The van der Waals surface area contributed by atoms with Crippen molar-refractivity contribution in [1.82, 2.24) is 0 Å². The minimum absolute atomic E-state index is 1.05. The molecule has 90 valence electrons. The van der Waals surface area contributed by atoms with E-state index in [-0.39, 0.29) is 0 Å². The van der Waals surface area contributed by atoms with Gasteiger partial charge in [0.15, 0.2) is 0 Å². The number of aryl methyl sites for hydroxylation is 1. The van der Waals surface area contributed by atoms with Crippen molar-refractivity contribution in [2.24, 2.45) is 0 Å². The van der Waals surface area contributed by atoms with Crippen molar-refractivity contribution in [2.45, 2.75) is 20.3 Å². The summed E-state index contributed by atoms with van der Waals surface area (Å²) in [5.41, 5.74) is 4.25. The van der Waals surface area contributed by atoms with Crippen molar-refractivity contribution in [3.63, 3.8) is 0 Å². The van der Waals surface area contributed by atoms with Gasteiger partial charge in [0, 0.05) is 16.0 Å². The number of rotatable bonds is 2. The normalized spacial score (nSPS) is 11.0. The average Bonchev–Trinajstić information content (AvgIpc) is 2.77. The Balaban J connectivity index is 1.99. The van der Waals surface area contributed by atoms with Gasteiger partial charge in [0.05, 0.1) is 0 Å². The molecule has 0 spiro atoms. The first-order chi connectivity index (χ1) is 8.74. The van der Waals surface area contributed by atoms with Gasteiger partial charge in [0.2, 0.25) is 0 Å². The van der Waals surface area contributed by atoms with Crippen molar-refractivity contribution >= 4 is 21.4 Å². The quantitative estimate of drug-likeness (QED) is 0.594. The van der Waals surface area contributed by atoms with Gasteiger partial charge in [-0.05, 0) is 48.1 Å². The lowest BCUT2D eigenvalue weighted by Gasteiger charge is -2.06. The monoisotopic (exact) mass is 252 g/mol. The highest BCUT2D eigenvalue weighted by Gasteiger charge is 2.05. The molecule has 0 bridgehead atoms. The van der Waals surface area contributed by atoms with Gasteiger partial charge in [-0.25, -0.2) is 0 Å². The summed E-state index contributed by atoms with van der Waals surface area (Å²) in [6.45, 7) is 4.40. The fourth-order valence-electron chi connectivity index (χ4n) is 2.32. The minimum Gasteiger partial charge on any atom is -0.140 e. The van der Waals surface area contributed by atoms with E-state index in [4.69, 9.17) is 0 Å². The fraction of sp³-hybridized carbons (Fsp3) is 0.176. The predicted molar refractivity (Wildman–Crippen MR) is 80.5 cm³/mol. The summed E-state index contributed by atoms with van der Waals surface area (Å²) in [5, 5.41) is 1.36. The Kier molecular flexibility index (Phi) is 2.92. The molecule has 0 saturated heterocycles. The van der Waals surface area contributed by atoms with E-state index in [1.807, 2.05) is 11.3 Å². The molecule has 0 aliphatic rings. The number of hydrogen-bond acceptors (Lipinski definition) is 1. The summed E-state index contributed by atoms with van der Waals surface area (Å²) in [6, 6.07) is 17.5. The van der Waals surface area contributed by atoms with Crippen molar-refractivity contribution in [1.29, 1.82) is 0 Å². The zero-order valence-corrected chi connectivity index (χ0v) is 11.6. The number of fused-ring (bicyclic) bond motifs is 1. The Morgan fingerprint density at radius 2 is 1.78 bits per heavy atom. The van der Waals surface area contributed by atoms with Gasteiger partial charge in [-0.3, -0.25) is 0 Å². The summed E-state index contributed by atoms with van der Waals surface area (Å²) in [7, 11) is 0. The lowest BCUT2D eigenvalue weighted by molar-refractivity contribution is 1.17. The maximum Gasteiger partial charge on any atom is 0.0345 e. The van der Waals surface area contributed by atoms with Gasteiger partial charge < -0.3 is 0 Å². The molecular weight excluding hydrogens is 236 g/mol. The minimum atomic E-state index is 1.05. The summed E-state index contributed by atoms with van der Waals surface area (Å²) < 4.78 is 1.39. The molecule has 3 aromatic rings. The molecule has 0 aliphatic carbocycles. The number of hydrogen-bond donors (Lipinski definition) is 0. The van der Waals surface area contributed by atoms with Gasteiger partial charge in [-0.1, -0.05) is 36.4 Å². The van der Waals surface area contributed by atoms with Crippen molar-refractivity contribution in [3.8, 4) is 0 Å². The lowest BCUT2D eigenvalue weighted by Crippen LogP contribution is -1.91. The molecule has 0 nitrogen and oxygen atoms in total. The van der Waals surface area contributed by atoms with Crippen molar-refractivity contribution in [2.75, 3.05) is 0 Å². The van der Waals surface area contributed by atoms with E-state index in [0.29, 0.717) is 0 Å². The number of benzene rings is 2. The Bertz CT molecular complexity index is 659. The summed E-state index contributed by atoms with van der Waals surface area (Å²) in [4.78, 5) is 1.45. The Labute approximate surface area is 112 Å². The second-order valence-electron chi connectivity index (χ2n) is 4.79. The molecule has 0 fully saturated rings. The van der Waals surface area contributed by atoms with Crippen LogP contribution in [0.4, 0.5) is 0 Å². The Morgan fingerprint density at radius 3 is 2.61 bits per heavy atom. The molecule has 0 saturated carbocycles. The van der Waals surface area contributed by atoms with Crippen LogP contribution < -0.4 is 0 Å². The lowest BCUT2D eigenvalue weighted by atomic mass is 10.0. The molecule has 1 aromatic heterocycles. The van der Waals surface area contributed by atoms with E-state index in [9.17, 15) is 0 Å². The summed E-state index contributed by atoms with van der Waals surface area (Å²) in [6.07, 6.45) is 1.05. The highest BCUT2D eigenvalue weighted by atomic mass is 32.1. The molecule has 0 aliphatic heterocycles. The van der Waals surface area contributed by atoms with Crippen LogP contribution in [-0.2, 0) is 6.42 Å². The second kappa shape index (κ2) is 4.58. The van der Waals surface area contributed by atoms with Crippen molar-refractivity contribution in [3.05, 3.63) is 70.1 Å². The first kappa shape index (κ1) is 11.5. The van der Waals surface area contributed by atoms with Crippen LogP contribution in [0.5, 0.6) is 0 Å². The molecule has 0 N–H and O–H groups in total. The Morgan fingerprint density at radius 1 is 0.944 bits per heavy atom. The highest BCUT2D eigenvalue weighted by molar-refractivity contribution is 7.19.